The molecule has 0 aliphatic rings. The largest absolute Gasteiger partial charge is 0.325 e. The molecule has 2 atom stereocenters. The molecule has 5 heteroatoms. The number of anilines is 1. The Bertz CT molecular complexity index is 646. The molecule has 0 aliphatic carbocycles. The van der Waals surface area contributed by atoms with E-state index in [1.54, 1.807) is 26.0 Å². The number of carbonyl (C=O) groups is 1. The summed E-state index contributed by atoms with van der Waals surface area (Å²) >= 11 is 0. The molecule has 116 valence electrons. The van der Waals surface area contributed by atoms with Crippen molar-refractivity contribution in [2.75, 3.05) is 5.32 Å². The first kappa shape index (κ1) is 16.1. The average molecular weight is 304 g/mol. The third-order valence-electron chi connectivity index (χ3n) is 3.36. The van der Waals surface area contributed by atoms with Crippen molar-refractivity contribution >= 4 is 11.6 Å². The fourth-order valence-corrected chi connectivity index (χ4v) is 2.17. The molecule has 2 N–H and O–H groups in total. The number of rotatable bonds is 5. The van der Waals surface area contributed by atoms with Crippen LogP contribution in [-0.4, -0.2) is 11.9 Å². The molecule has 0 radical (unpaired) electrons. The minimum Gasteiger partial charge on any atom is -0.325 e. The predicted octanol–water partition coefficient (Wildman–Crippen LogP) is 3.64. The van der Waals surface area contributed by atoms with Gasteiger partial charge in [-0.15, -0.1) is 0 Å². The molecule has 2 aromatic carbocycles. The molecule has 0 bridgehead atoms. The summed E-state index contributed by atoms with van der Waals surface area (Å²) in [7, 11) is 0. The van der Waals surface area contributed by atoms with Gasteiger partial charge >= 0.3 is 0 Å². The van der Waals surface area contributed by atoms with Crippen molar-refractivity contribution < 1.29 is 13.6 Å². The van der Waals surface area contributed by atoms with Gasteiger partial charge in [-0.3, -0.25) is 10.1 Å². The van der Waals surface area contributed by atoms with Crippen LogP contribution >= 0.6 is 0 Å². The monoisotopic (exact) mass is 304 g/mol. The molecule has 0 saturated heterocycles. The zero-order valence-corrected chi connectivity index (χ0v) is 12.4. The van der Waals surface area contributed by atoms with Gasteiger partial charge in [0.05, 0.1) is 6.04 Å². The Labute approximate surface area is 128 Å². The van der Waals surface area contributed by atoms with E-state index in [1.807, 2.05) is 18.2 Å². The molecule has 0 saturated carbocycles. The molecule has 22 heavy (non-hydrogen) atoms. The van der Waals surface area contributed by atoms with E-state index in [-0.39, 0.29) is 5.91 Å². The lowest BCUT2D eigenvalue weighted by Crippen LogP contribution is -2.39. The molecule has 0 heterocycles. The molecule has 0 aliphatic heterocycles. The van der Waals surface area contributed by atoms with Gasteiger partial charge in [0.25, 0.3) is 0 Å². The Morgan fingerprint density at radius 3 is 2.36 bits per heavy atom. The number of halogens is 2. The van der Waals surface area contributed by atoms with Gasteiger partial charge in [0.1, 0.15) is 11.6 Å². The maximum atomic E-state index is 13.7. The summed E-state index contributed by atoms with van der Waals surface area (Å²) in [6, 6.07) is 11.5. The number of hydrogen-bond acceptors (Lipinski definition) is 2. The zero-order chi connectivity index (χ0) is 16.1. The standard InChI is InChI=1S/C17H18F2N2O/c1-11(15-9-8-13(18)10-16(15)19)20-12(2)17(22)21-14-6-4-3-5-7-14/h3-12,20H,1-2H3,(H,21,22)/t11-,12+/m0/s1. The van der Waals surface area contributed by atoms with Gasteiger partial charge in [0, 0.05) is 23.4 Å². The normalized spacial score (nSPS) is 13.5. The quantitative estimate of drug-likeness (QED) is 0.885. The molecule has 0 unspecified atom stereocenters. The number of para-hydroxylation sites is 1. The first-order valence-corrected chi connectivity index (χ1v) is 7.04. The van der Waals surface area contributed by atoms with E-state index in [4.69, 9.17) is 0 Å². The van der Waals surface area contributed by atoms with Crippen LogP contribution in [0.4, 0.5) is 14.5 Å². The highest BCUT2D eigenvalue weighted by atomic mass is 19.1. The molecule has 0 spiro atoms. The fourth-order valence-electron chi connectivity index (χ4n) is 2.17. The van der Waals surface area contributed by atoms with Gasteiger partial charge < -0.3 is 5.32 Å². The van der Waals surface area contributed by atoms with E-state index in [1.165, 1.54) is 12.1 Å². The Kier molecular flexibility index (Phi) is 5.22. The van der Waals surface area contributed by atoms with E-state index in [0.717, 1.165) is 6.07 Å². The number of nitrogens with one attached hydrogen (secondary N) is 2. The van der Waals surface area contributed by atoms with Crippen LogP contribution in [0, 0.1) is 11.6 Å². The van der Waals surface area contributed by atoms with Crippen molar-refractivity contribution in [3.05, 3.63) is 65.7 Å². The van der Waals surface area contributed by atoms with Gasteiger partial charge in [-0.1, -0.05) is 24.3 Å². The third-order valence-corrected chi connectivity index (χ3v) is 3.36. The molecule has 0 aromatic heterocycles. The second-order valence-electron chi connectivity index (χ2n) is 5.13. The summed E-state index contributed by atoms with van der Waals surface area (Å²) in [4.78, 5) is 12.1. The average Bonchev–Trinajstić information content (AvgIpc) is 2.47. The second kappa shape index (κ2) is 7.13. The summed E-state index contributed by atoms with van der Waals surface area (Å²) in [5, 5.41) is 5.77. The first-order valence-electron chi connectivity index (χ1n) is 7.04. The van der Waals surface area contributed by atoms with E-state index < -0.39 is 23.7 Å². The summed E-state index contributed by atoms with van der Waals surface area (Å²) in [5.74, 6) is -1.47. The van der Waals surface area contributed by atoms with Crippen molar-refractivity contribution in [1.29, 1.82) is 0 Å². The highest BCUT2D eigenvalue weighted by Gasteiger charge is 2.18. The van der Waals surface area contributed by atoms with Crippen LogP contribution in [0.1, 0.15) is 25.5 Å². The van der Waals surface area contributed by atoms with Crippen LogP contribution in [0.5, 0.6) is 0 Å². The topological polar surface area (TPSA) is 41.1 Å². The molecule has 0 fully saturated rings. The van der Waals surface area contributed by atoms with E-state index >= 15 is 0 Å². The van der Waals surface area contributed by atoms with Crippen LogP contribution in [0.3, 0.4) is 0 Å². The predicted molar refractivity (Wildman–Crippen MR) is 82.4 cm³/mol. The Morgan fingerprint density at radius 1 is 1.05 bits per heavy atom. The van der Waals surface area contributed by atoms with E-state index in [9.17, 15) is 13.6 Å². The number of carbonyl (C=O) groups excluding carboxylic acids is 1. The lowest BCUT2D eigenvalue weighted by molar-refractivity contribution is -0.117. The Morgan fingerprint density at radius 2 is 1.73 bits per heavy atom. The van der Waals surface area contributed by atoms with Crippen molar-refractivity contribution in [1.82, 2.24) is 5.32 Å². The smallest absolute Gasteiger partial charge is 0.241 e. The lowest BCUT2D eigenvalue weighted by atomic mass is 10.1. The maximum absolute atomic E-state index is 13.7. The molecule has 2 rings (SSSR count). The molecule has 3 nitrogen and oxygen atoms in total. The van der Waals surface area contributed by atoms with Gasteiger partial charge in [-0.2, -0.15) is 0 Å². The van der Waals surface area contributed by atoms with Crippen LogP contribution in [0.15, 0.2) is 48.5 Å². The SMILES string of the molecule is C[C@H](N[C@H](C)C(=O)Nc1ccccc1)c1ccc(F)cc1F. The summed E-state index contributed by atoms with van der Waals surface area (Å²) < 4.78 is 26.6. The summed E-state index contributed by atoms with van der Waals surface area (Å²) in [5.41, 5.74) is 1.02. The van der Waals surface area contributed by atoms with E-state index in [0.29, 0.717) is 11.3 Å². The van der Waals surface area contributed by atoms with Crippen molar-refractivity contribution in [2.45, 2.75) is 25.9 Å². The number of amides is 1. The van der Waals surface area contributed by atoms with Gasteiger partial charge in [-0.05, 0) is 32.0 Å². The minimum atomic E-state index is -0.629. The van der Waals surface area contributed by atoms with Crippen LogP contribution < -0.4 is 10.6 Å². The summed E-state index contributed by atoms with van der Waals surface area (Å²) in [6.45, 7) is 3.42. The van der Waals surface area contributed by atoms with Crippen molar-refractivity contribution in [3.63, 3.8) is 0 Å². The first-order chi connectivity index (χ1) is 10.5. The zero-order valence-electron chi connectivity index (χ0n) is 12.4. The third kappa shape index (κ3) is 4.11. The van der Waals surface area contributed by atoms with Crippen LogP contribution in [-0.2, 0) is 4.79 Å². The molecular weight excluding hydrogens is 286 g/mol. The maximum Gasteiger partial charge on any atom is 0.241 e. The Balaban J connectivity index is 1.98. The van der Waals surface area contributed by atoms with Crippen molar-refractivity contribution in [3.8, 4) is 0 Å². The number of hydrogen-bond donors (Lipinski definition) is 2. The minimum absolute atomic E-state index is 0.222. The lowest BCUT2D eigenvalue weighted by Gasteiger charge is -2.20. The number of benzene rings is 2. The summed E-state index contributed by atoms with van der Waals surface area (Å²) in [6.07, 6.45) is 0. The molecule has 1 amide bonds. The highest BCUT2D eigenvalue weighted by Crippen LogP contribution is 2.18. The van der Waals surface area contributed by atoms with Gasteiger partial charge in [-0.25, -0.2) is 8.78 Å². The highest BCUT2D eigenvalue weighted by molar-refractivity contribution is 5.94. The van der Waals surface area contributed by atoms with Crippen LogP contribution in [0.2, 0.25) is 0 Å². The van der Waals surface area contributed by atoms with Crippen molar-refractivity contribution in [2.24, 2.45) is 0 Å². The van der Waals surface area contributed by atoms with Gasteiger partial charge in [0.2, 0.25) is 5.91 Å². The van der Waals surface area contributed by atoms with Gasteiger partial charge in [0.15, 0.2) is 0 Å². The molecular formula is C17H18F2N2O. The fraction of sp³-hybridized carbons (Fsp3) is 0.235. The van der Waals surface area contributed by atoms with Crippen LogP contribution in [0.25, 0.3) is 0 Å². The Hall–Kier alpha value is -2.27. The second-order valence-corrected chi connectivity index (χ2v) is 5.13. The molecule has 2 aromatic rings. The van der Waals surface area contributed by atoms with E-state index in [2.05, 4.69) is 10.6 Å².